The van der Waals surface area contributed by atoms with Crippen molar-refractivity contribution >= 4 is 28.2 Å². The van der Waals surface area contributed by atoms with E-state index >= 15 is 0 Å². The van der Waals surface area contributed by atoms with Crippen LogP contribution in [0, 0.1) is 23.6 Å². The van der Waals surface area contributed by atoms with E-state index < -0.39 is 12.1 Å². The van der Waals surface area contributed by atoms with Gasteiger partial charge in [0, 0.05) is 48.0 Å². The molecule has 2 aliphatic heterocycles. The zero-order chi connectivity index (χ0) is 40.6. The van der Waals surface area contributed by atoms with Crippen LogP contribution in [0.2, 0.25) is 0 Å². The average molecular weight is 822 g/mol. The molecule has 4 aliphatic rings. The molecule has 4 aromatic rings. The number of benzene rings is 4. The number of allylic oxidation sites excluding steroid dienone is 1. The van der Waals surface area contributed by atoms with Gasteiger partial charge in [-0.25, -0.2) is 4.39 Å². The first-order chi connectivity index (χ1) is 29.0. The van der Waals surface area contributed by atoms with Crippen LogP contribution in [-0.2, 0) is 20.9 Å². The van der Waals surface area contributed by atoms with E-state index in [2.05, 4.69) is 61.2 Å². The molecule has 8 rings (SSSR count). The van der Waals surface area contributed by atoms with Crippen LogP contribution < -0.4 is 9.47 Å². The molecule has 2 heterocycles. The molecular formula is C49H56FNO7S. The molecule has 7 unspecified atom stereocenters. The first-order valence-corrected chi connectivity index (χ1v) is 22.3. The maximum absolute atomic E-state index is 14.7. The molecule has 0 spiro atoms. The summed E-state index contributed by atoms with van der Waals surface area (Å²) in [4.78, 5) is 7.38. The predicted octanol–water partition coefficient (Wildman–Crippen LogP) is 10.5. The summed E-state index contributed by atoms with van der Waals surface area (Å²) in [6.45, 7) is 5.34. The Balaban J connectivity index is 1.28. The van der Waals surface area contributed by atoms with Crippen LogP contribution in [0.4, 0.5) is 4.39 Å². The van der Waals surface area contributed by atoms with Crippen LogP contribution in [0.3, 0.4) is 0 Å². The lowest BCUT2D eigenvalue weighted by Crippen LogP contribution is -2.64. The van der Waals surface area contributed by atoms with Crippen molar-refractivity contribution in [1.82, 2.24) is 0 Å². The molecule has 1 saturated heterocycles. The lowest BCUT2D eigenvalue weighted by Gasteiger charge is -2.58. The van der Waals surface area contributed by atoms with E-state index in [0.717, 1.165) is 77.8 Å². The Bertz CT molecular complexity index is 2120. The zero-order valence-electron chi connectivity index (χ0n) is 33.7. The molecule has 0 aromatic heterocycles. The third-order valence-corrected chi connectivity index (χ3v) is 13.7. The van der Waals surface area contributed by atoms with Gasteiger partial charge in [-0.05, 0) is 103 Å². The zero-order valence-corrected chi connectivity index (χ0v) is 34.5. The SMILES string of the molecule is C=CCOC12Oc3ccc(OCc4ccccc4F)cc3C3C(CCCCO)C(CCCCO)C=C(C(=NOC4CCCCO4)CC1Sc1ccc4ccccc4c1)C32. The third-order valence-electron chi connectivity index (χ3n) is 12.4. The highest BCUT2D eigenvalue weighted by Crippen LogP contribution is 2.63. The number of oxime groups is 1. The smallest absolute Gasteiger partial charge is 0.231 e. The van der Waals surface area contributed by atoms with Crippen molar-refractivity contribution in [2.75, 3.05) is 26.4 Å². The summed E-state index contributed by atoms with van der Waals surface area (Å²) in [5.41, 5.74) is 3.42. The first-order valence-electron chi connectivity index (χ1n) is 21.4. The number of hydrogen-bond acceptors (Lipinski definition) is 9. The van der Waals surface area contributed by atoms with Crippen molar-refractivity contribution < 1.29 is 38.4 Å². The molecule has 2 N–H and O–H groups in total. The lowest BCUT2D eigenvalue weighted by atomic mass is 9.56. The van der Waals surface area contributed by atoms with Gasteiger partial charge in [0.05, 0.1) is 30.1 Å². The molecule has 8 nitrogen and oxygen atoms in total. The number of nitrogens with zero attached hydrogens (tertiary/aromatic N) is 1. The van der Waals surface area contributed by atoms with E-state index in [9.17, 15) is 14.6 Å². The van der Waals surface area contributed by atoms with Crippen LogP contribution in [0.25, 0.3) is 10.8 Å². The minimum absolute atomic E-state index is 0.0868. The average Bonchev–Trinajstić information content (AvgIpc) is 3.26. The summed E-state index contributed by atoms with van der Waals surface area (Å²) in [6, 6.07) is 27.6. The van der Waals surface area contributed by atoms with Gasteiger partial charge in [0.2, 0.25) is 12.1 Å². The van der Waals surface area contributed by atoms with Gasteiger partial charge < -0.3 is 34.0 Å². The van der Waals surface area contributed by atoms with Crippen LogP contribution in [0.5, 0.6) is 11.5 Å². The van der Waals surface area contributed by atoms with E-state index in [-0.39, 0.29) is 61.2 Å². The lowest BCUT2D eigenvalue weighted by molar-refractivity contribution is -0.223. The fourth-order valence-corrected chi connectivity index (χ4v) is 11.0. The number of aliphatic hydroxyl groups excluding tert-OH is 2. The van der Waals surface area contributed by atoms with Gasteiger partial charge in [0.15, 0.2) is 0 Å². The quantitative estimate of drug-likeness (QED) is 0.0582. The number of ether oxygens (including phenoxy) is 4. The van der Waals surface area contributed by atoms with E-state index in [0.29, 0.717) is 37.2 Å². The Hall–Kier alpha value is -4.19. The topological polar surface area (TPSA) is 99.0 Å². The number of halogens is 1. The summed E-state index contributed by atoms with van der Waals surface area (Å²) in [5.74, 6) is -0.203. The number of fused-ring (bicyclic) bond motifs is 3. The van der Waals surface area contributed by atoms with Crippen molar-refractivity contribution in [1.29, 1.82) is 0 Å². The van der Waals surface area contributed by atoms with Gasteiger partial charge in [0.1, 0.15) is 23.9 Å². The normalized spacial score (nSPS) is 26.7. The van der Waals surface area contributed by atoms with E-state index in [1.54, 1.807) is 30.0 Å². The number of aliphatic hydroxyl groups is 2. The second kappa shape index (κ2) is 19.5. The number of unbranched alkanes of at least 4 members (excludes halogenated alkanes) is 2. The van der Waals surface area contributed by atoms with Crippen LogP contribution >= 0.6 is 11.8 Å². The number of thioether (sulfide) groups is 1. The van der Waals surface area contributed by atoms with Gasteiger partial charge in [-0.1, -0.05) is 78.7 Å². The van der Waals surface area contributed by atoms with Crippen molar-refractivity contribution in [3.05, 3.63) is 126 Å². The number of rotatable bonds is 18. The minimum Gasteiger partial charge on any atom is -0.489 e. The van der Waals surface area contributed by atoms with E-state index in [1.807, 2.05) is 18.2 Å². The van der Waals surface area contributed by atoms with E-state index in [4.69, 9.17) is 28.9 Å². The Morgan fingerprint density at radius 1 is 0.915 bits per heavy atom. The third kappa shape index (κ3) is 9.13. The monoisotopic (exact) mass is 821 g/mol. The number of hydrogen-bond donors (Lipinski definition) is 2. The molecule has 10 heteroatoms. The molecule has 7 atom stereocenters. The molecule has 4 aromatic carbocycles. The largest absolute Gasteiger partial charge is 0.489 e. The Labute approximate surface area is 351 Å². The summed E-state index contributed by atoms with van der Waals surface area (Å²) in [5, 5.41) is 26.9. The summed E-state index contributed by atoms with van der Waals surface area (Å²) in [7, 11) is 0. The Morgan fingerprint density at radius 3 is 2.53 bits per heavy atom. The van der Waals surface area contributed by atoms with Crippen molar-refractivity contribution in [2.24, 2.45) is 22.9 Å². The molecule has 2 fully saturated rings. The maximum Gasteiger partial charge on any atom is 0.231 e. The second-order valence-electron chi connectivity index (χ2n) is 16.2. The summed E-state index contributed by atoms with van der Waals surface area (Å²) >= 11 is 1.74. The highest BCUT2D eigenvalue weighted by Gasteiger charge is 2.64. The highest BCUT2D eigenvalue weighted by molar-refractivity contribution is 8.00. The molecule has 0 radical (unpaired) electrons. The van der Waals surface area contributed by atoms with Gasteiger partial charge in [-0.3, -0.25) is 0 Å². The summed E-state index contributed by atoms with van der Waals surface area (Å²) in [6.07, 6.45) is 12.0. The van der Waals surface area contributed by atoms with Crippen molar-refractivity contribution in [2.45, 2.75) is 99.0 Å². The van der Waals surface area contributed by atoms with Gasteiger partial charge in [0.25, 0.3) is 0 Å². The fraction of sp³-hybridized carbons (Fsp3) is 0.449. The van der Waals surface area contributed by atoms with E-state index in [1.165, 1.54) is 11.5 Å². The molecular weight excluding hydrogens is 766 g/mol. The van der Waals surface area contributed by atoms with Gasteiger partial charge in [-0.15, -0.1) is 18.3 Å². The highest BCUT2D eigenvalue weighted by atomic mass is 32.2. The van der Waals surface area contributed by atoms with Crippen LogP contribution in [0.15, 0.2) is 119 Å². The maximum atomic E-state index is 14.7. The fourth-order valence-electron chi connectivity index (χ4n) is 9.61. The minimum atomic E-state index is -1.13. The standard InChI is InChI=1S/C49H56FNO7S/c1-2-26-56-49-45(59-38-22-20-33-13-3-4-14-34(33)28-38)31-43(51-58-46-19-9-12-27-54-46)40-29-35(15-7-10-24-52)39(17-8-11-25-53)47(48(40)49)41-30-37(21-23-44(41)57-49)55-32-36-16-5-6-18-42(36)50/h2-6,13-14,16,18,20-23,28-30,35,39,45-48,52-53H,1,7-12,15,17,19,24-27,31-32H2. The molecule has 312 valence electrons. The van der Waals surface area contributed by atoms with Gasteiger partial charge in [-0.2, -0.15) is 0 Å². The molecule has 0 amide bonds. The Morgan fingerprint density at radius 2 is 1.73 bits per heavy atom. The van der Waals surface area contributed by atoms with Crippen molar-refractivity contribution in [3.8, 4) is 11.5 Å². The Kier molecular flexibility index (Phi) is 13.7. The summed E-state index contributed by atoms with van der Waals surface area (Å²) < 4.78 is 41.6. The molecule has 59 heavy (non-hydrogen) atoms. The van der Waals surface area contributed by atoms with Gasteiger partial charge >= 0.3 is 0 Å². The van der Waals surface area contributed by atoms with Crippen LogP contribution in [-0.4, -0.2) is 59.7 Å². The molecule has 1 saturated carbocycles. The van der Waals surface area contributed by atoms with Crippen molar-refractivity contribution in [3.63, 3.8) is 0 Å². The first kappa shape index (κ1) is 41.5. The molecule has 2 aliphatic carbocycles. The predicted molar refractivity (Wildman–Crippen MR) is 230 cm³/mol. The van der Waals surface area contributed by atoms with Crippen LogP contribution in [0.1, 0.15) is 81.3 Å². The molecule has 0 bridgehead atoms. The second-order valence-corrected chi connectivity index (χ2v) is 17.4.